The Balaban J connectivity index is 1.67. The standard InChI is InChI=1S/C20H37N3O3/c1-3-10-23(11-4-2)20(25)18-7-5-17(6-8-18)19(24)21-9-12-22-13-15-26-16-14-22/h17-18H,3-16H2,1-2H3,(H,21,24). The maximum absolute atomic E-state index is 12.7. The minimum Gasteiger partial charge on any atom is -0.379 e. The van der Waals surface area contributed by atoms with Gasteiger partial charge in [0, 0.05) is 51.1 Å². The predicted molar refractivity (Wildman–Crippen MR) is 103 cm³/mol. The monoisotopic (exact) mass is 367 g/mol. The van der Waals surface area contributed by atoms with Crippen molar-refractivity contribution in [3.8, 4) is 0 Å². The molecule has 1 N–H and O–H groups in total. The zero-order chi connectivity index (χ0) is 18.8. The number of nitrogens with zero attached hydrogens (tertiary/aromatic N) is 2. The van der Waals surface area contributed by atoms with Gasteiger partial charge < -0.3 is 15.0 Å². The first-order valence-corrected chi connectivity index (χ1v) is 10.5. The number of carbonyl (C=O) groups is 2. The van der Waals surface area contributed by atoms with Gasteiger partial charge in [-0.2, -0.15) is 0 Å². The molecule has 1 aliphatic carbocycles. The topological polar surface area (TPSA) is 61.9 Å². The van der Waals surface area contributed by atoms with Crippen LogP contribution in [0.25, 0.3) is 0 Å². The van der Waals surface area contributed by atoms with Crippen molar-refractivity contribution in [3.05, 3.63) is 0 Å². The van der Waals surface area contributed by atoms with E-state index in [-0.39, 0.29) is 17.7 Å². The lowest BCUT2D eigenvalue weighted by atomic mass is 9.81. The predicted octanol–water partition coefficient (Wildman–Crippen LogP) is 1.89. The first-order chi connectivity index (χ1) is 12.7. The van der Waals surface area contributed by atoms with Crippen molar-refractivity contribution >= 4 is 11.8 Å². The summed E-state index contributed by atoms with van der Waals surface area (Å²) in [6, 6.07) is 0. The quantitative estimate of drug-likeness (QED) is 0.676. The van der Waals surface area contributed by atoms with Gasteiger partial charge in [-0.3, -0.25) is 14.5 Å². The van der Waals surface area contributed by atoms with Crippen molar-refractivity contribution in [3.63, 3.8) is 0 Å². The first-order valence-electron chi connectivity index (χ1n) is 10.5. The molecule has 1 saturated heterocycles. The summed E-state index contributed by atoms with van der Waals surface area (Å²) < 4.78 is 5.34. The highest BCUT2D eigenvalue weighted by Gasteiger charge is 2.31. The van der Waals surface area contributed by atoms with Crippen molar-refractivity contribution in [2.45, 2.75) is 52.4 Å². The maximum atomic E-state index is 12.7. The highest BCUT2D eigenvalue weighted by Crippen LogP contribution is 2.30. The van der Waals surface area contributed by atoms with E-state index in [9.17, 15) is 9.59 Å². The summed E-state index contributed by atoms with van der Waals surface area (Å²) in [5.74, 6) is 0.669. The van der Waals surface area contributed by atoms with Crippen molar-refractivity contribution in [2.24, 2.45) is 11.8 Å². The molecule has 2 fully saturated rings. The molecule has 0 bridgehead atoms. The van der Waals surface area contributed by atoms with Gasteiger partial charge >= 0.3 is 0 Å². The lowest BCUT2D eigenvalue weighted by Crippen LogP contribution is -2.43. The van der Waals surface area contributed by atoms with Crippen molar-refractivity contribution in [1.82, 2.24) is 15.1 Å². The van der Waals surface area contributed by atoms with E-state index < -0.39 is 0 Å². The Hall–Kier alpha value is -1.14. The Morgan fingerprint density at radius 3 is 2.15 bits per heavy atom. The zero-order valence-electron chi connectivity index (χ0n) is 16.7. The van der Waals surface area contributed by atoms with Crippen molar-refractivity contribution in [1.29, 1.82) is 0 Å². The summed E-state index contributed by atoms with van der Waals surface area (Å²) >= 11 is 0. The fourth-order valence-electron chi connectivity index (χ4n) is 4.04. The van der Waals surface area contributed by atoms with E-state index in [1.54, 1.807) is 0 Å². The minimum absolute atomic E-state index is 0.0783. The van der Waals surface area contributed by atoms with E-state index in [2.05, 4.69) is 24.1 Å². The Bertz CT molecular complexity index is 424. The second-order valence-corrected chi connectivity index (χ2v) is 7.62. The van der Waals surface area contributed by atoms with Crippen LogP contribution in [0.1, 0.15) is 52.4 Å². The fourth-order valence-corrected chi connectivity index (χ4v) is 4.04. The lowest BCUT2D eigenvalue weighted by molar-refractivity contribution is -0.138. The molecule has 0 radical (unpaired) electrons. The highest BCUT2D eigenvalue weighted by molar-refractivity contribution is 5.81. The SMILES string of the molecule is CCCN(CCC)C(=O)C1CCC(C(=O)NCCN2CCOCC2)CC1. The molecule has 2 rings (SSSR count). The van der Waals surface area contributed by atoms with Gasteiger partial charge in [-0.15, -0.1) is 0 Å². The van der Waals surface area contributed by atoms with E-state index >= 15 is 0 Å². The molecule has 6 nitrogen and oxygen atoms in total. The van der Waals surface area contributed by atoms with Gasteiger partial charge in [0.15, 0.2) is 0 Å². The van der Waals surface area contributed by atoms with E-state index in [4.69, 9.17) is 4.74 Å². The normalized spacial score (nSPS) is 24.2. The van der Waals surface area contributed by atoms with Gasteiger partial charge in [0.05, 0.1) is 13.2 Å². The summed E-state index contributed by atoms with van der Waals surface area (Å²) in [4.78, 5) is 29.5. The van der Waals surface area contributed by atoms with E-state index in [0.717, 1.165) is 84.5 Å². The van der Waals surface area contributed by atoms with Crippen LogP contribution in [0.15, 0.2) is 0 Å². The van der Waals surface area contributed by atoms with Crippen LogP contribution >= 0.6 is 0 Å². The Labute approximate surface area is 158 Å². The number of ether oxygens (including phenoxy) is 1. The van der Waals surface area contributed by atoms with Crippen LogP contribution in [0.3, 0.4) is 0 Å². The summed E-state index contributed by atoms with van der Waals surface area (Å²) in [6.45, 7) is 11.0. The number of nitrogens with one attached hydrogen (secondary N) is 1. The van der Waals surface area contributed by atoms with Gasteiger partial charge in [0.2, 0.25) is 11.8 Å². The number of hydrogen-bond acceptors (Lipinski definition) is 4. The second-order valence-electron chi connectivity index (χ2n) is 7.62. The van der Waals surface area contributed by atoms with Gasteiger partial charge in [-0.1, -0.05) is 13.8 Å². The van der Waals surface area contributed by atoms with E-state index in [1.165, 1.54) is 0 Å². The van der Waals surface area contributed by atoms with Gasteiger partial charge in [-0.05, 0) is 38.5 Å². The van der Waals surface area contributed by atoms with Crippen LogP contribution in [0.5, 0.6) is 0 Å². The van der Waals surface area contributed by atoms with Crippen LogP contribution in [0.2, 0.25) is 0 Å². The first kappa shape index (κ1) is 21.2. The Morgan fingerprint density at radius 1 is 1.00 bits per heavy atom. The molecule has 0 spiro atoms. The summed E-state index contributed by atoms with van der Waals surface area (Å²) in [5.41, 5.74) is 0. The number of carbonyl (C=O) groups excluding carboxylic acids is 2. The molecule has 2 aliphatic rings. The van der Waals surface area contributed by atoms with Gasteiger partial charge in [0.25, 0.3) is 0 Å². The number of rotatable bonds is 9. The third-order valence-corrected chi connectivity index (χ3v) is 5.58. The third kappa shape index (κ3) is 6.54. The maximum Gasteiger partial charge on any atom is 0.225 e. The van der Waals surface area contributed by atoms with Crippen molar-refractivity contribution < 1.29 is 14.3 Å². The number of hydrogen-bond donors (Lipinski definition) is 1. The molecule has 0 aromatic carbocycles. The van der Waals surface area contributed by atoms with E-state index in [1.807, 2.05) is 4.90 Å². The molecule has 0 atom stereocenters. The summed E-state index contributed by atoms with van der Waals surface area (Å²) in [6.07, 6.45) is 5.39. The van der Waals surface area contributed by atoms with E-state index in [0.29, 0.717) is 12.5 Å². The van der Waals surface area contributed by atoms with Gasteiger partial charge in [0.1, 0.15) is 0 Å². The van der Waals surface area contributed by atoms with Crippen LogP contribution in [-0.4, -0.2) is 74.1 Å². The number of amides is 2. The van der Waals surface area contributed by atoms with Crippen LogP contribution in [0, 0.1) is 11.8 Å². The molecule has 1 saturated carbocycles. The van der Waals surface area contributed by atoms with Gasteiger partial charge in [-0.25, -0.2) is 0 Å². The largest absolute Gasteiger partial charge is 0.379 e. The zero-order valence-corrected chi connectivity index (χ0v) is 16.7. The Morgan fingerprint density at radius 2 is 1.58 bits per heavy atom. The fraction of sp³-hybridized carbons (Fsp3) is 0.900. The highest BCUT2D eigenvalue weighted by atomic mass is 16.5. The molecule has 1 aliphatic heterocycles. The third-order valence-electron chi connectivity index (χ3n) is 5.58. The summed E-state index contributed by atoms with van der Waals surface area (Å²) in [5, 5.41) is 3.09. The molecule has 26 heavy (non-hydrogen) atoms. The Kier molecular flexibility index (Phi) is 9.40. The minimum atomic E-state index is 0.0783. The molecule has 0 aromatic rings. The molecule has 0 unspecified atom stereocenters. The molecular formula is C20H37N3O3. The molecule has 1 heterocycles. The average Bonchev–Trinajstić information content (AvgIpc) is 2.68. The van der Waals surface area contributed by atoms with Crippen molar-refractivity contribution in [2.75, 3.05) is 52.5 Å². The van der Waals surface area contributed by atoms with Crippen LogP contribution in [-0.2, 0) is 14.3 Å². The van der Waals surface area contributed by atoms with Crippen LogP contribution in [0.4, 0.5) is 0 Å². The molecule has 2 amide bonds. The van der Waals surface area contributed by atoms with Crippen LogP contribution < -0.4 is 5.32 Å². The molecule has 0 aromatic heterocycles. The molecular weight excluding hydrogens is 330 g/mol. The average molecular weight is 368 g/mol. The molecule has 6 heteroatoms. The second kappa shape index (κ2) is 11.5. The lowest BCUT2D eigenvalue weighted by Gasteiger charge is -2.32. The summed E-state index contributed by atoms with van der Waals surface area (Å²) in [7, 11) is 0. The smallest absolute Gasteiger partial charge is 0.225 e. The molecule has 150 valence electrons. The number of morpholine rings is 1.